The van der Waals surface area contributed by atoms with E-state index in [1.165, 1.54) is 6.07 Å². The molecule has 4 heteroatoms. The lowest BCUT2D eigenvalue weighted by atomic mass is 10.1. The van der Waals surface area contributed by atoms with Crippen molar-refractivity contribution in [3.05, 3.63) is 47.5 Å². The maximum Gasteiger partial charge on any atom is 0.203 e. The van der Waals surface area contributed by atoms with Gasteiger partial charge in [-0.25, -0.2) is 9.37 Å². The van der Waals surface area contributed by atoms with Crippen molar-refractivity contribution in [2.75, 3.05) is 11.9 Å². The van der Waals surface area contributed by atoms with Gasteiger partial charge in [0.25, 0.3) is 0 Å². The van der Waals surface area contributed by atoms with Gasteiger partial charge in [0, 0.05) is 19.3 Å². The molecule has 0 saturated heterocycles. The van der Waals surface area contributed by atoms with Gasteiger partial charge in [0.1, 0.15) is 5.82 Å². The average molecular weight is 275 g/mol. The number of halogens is 1. The standard InChI is InChI=1S/C16H22FN3/c1-3-4-10-18-16-19-13(2)12-20(16)11-9-14-7-5-6-8-15(14)17/h5-8,12H,3-4,9-11H2,1-2H3,(H,18,19). The molecule has 0 aliphatic heterocycles. The zero-order valence-electron chi connectivity index (χ0n) is 12.2. The van der Waals surface area contributed by atoms with E-state index in [2.05, 4.69) is 21.8 Å². The van der Waals surface area contributed by atoms with Crippen LogP contribution in [0.3, 0.4) is 0 Å². The normalized spacial score (nSPS) is 10.8. The van der Waals surface area contributed by atoms with Crippen LogP contribution in [-0.2, 0) is 13.0 Å². The van der Waals surface area contributed by atoms with Gasteiger partial charge in [-0.2, -0.15) is 0 Å². The number of nitrogens with zero attached hydrogens (tertiary/aromatic N) is 2. The van der Waals surface area contributed by atoms with E-state index in [-0.39, 0.29) is 5.82 Å². The smallest absolute Gasteiger partial charge is 0.203 e. The molecule has 0 amide bonds. The monoisotopic (exact) mass is 275 g/mol. The van der Waals surface area contributed by atoms with Crippen molar-refractivity contribution >= 4 is 5.95 Å². The van der Waals surface area contributed by atoms with E-state index in [0.717, 1.165) is 43.1 Å². The highest BCUT2D eigenvalue weighted by Gasteiger charge is 2.06. The van der Waals surface area contributed by atoms with Gasteiger partial charge in [-0.05, 0) is 31.4 Å². The second-order valence-electron chi connectivity index (χ2n) is 5.02. The van der Waals surface area contributed by atoms with E-state index in [4.69, 9.17) is 0 Å². The minimum atomic E-state index is -0.134. The maximum absolute atomic E-state index is 13.6. The van der Waals surface area contributed by atoms with Crippen LogP contribution in [0.15, 0.2) is 30.5 Å². The Kier molecular flexibility index (Phi) is 5.16. The molecule has 1 aromatic heterocycles. The topological polar surface area (TPSA) is 29.9 Å². The van der Waals surface area contributed by atoms with E-state index in [1.807, 2.05) is 25.3 Å². The summed E-state index contributed by atoms with van der Waals surface area (Å²) in [7, 11) is 0. The summed E-state index contributed by atoms with van der Waals surface area (Å²) in [6.45, 7) is 5.80. The predicted molar refractivity (Wildman–Crippen MR) is 80.5 cm³/mol. The van der Waals surface area contributed by atoms with Crippen LogP contribution in [0.1, 0.15) is 31.0 Å². The molecule has 0 unspecified atom stereocenters. The largest absolute Gasteiger partial charge is 0.356 e. The fourth-order valence-corrected chi connectivity index (χ4v) is 2.18. The lowest BCUT2D eigenvalue weighted by Gasteiger charge is -2.09. The molecule has 0 aliphatic carbocycles. The summed E-state index contributed by atoms with van der Waals surface area (Å²) in [5.41, 5.74) is 1.73. The Morgan fingerprint density at radius 1 is 1.30 bits per heavy atom. The SMILES string of the molecule is CCCCNc1nc(C)cn1CCc1ccccc1F. The summed E-state index contributed by atoms with van der Waals surface area (Å²) >= 11 is 0. The van der Waals surface area contributed by atoms with Gasteiger partial charge < -0.3 is 9.88 Å². The molecule has 0 spiro atoms. The molecule has 108 valence electrons. The van der Waals surface area contributed by atoms with Crippen molar-refractivity contribution < 1.29 is 4.39 Å². The van der Waals surface area contributed by atoms with Crippen LogP contribution in [-0.4, -0.2) is 16.1 Å². The van der Waals surface area contributed by atoms with Gasteiger partial charge in [0.05, 0.1) is 5.69 Å². The van der Waals surface area contributed by atoms with Crippen LogP contribution < -0.4 is 5.32 Å². The van der Waals surface area contributed by atoms with Crippen molar-refractivity contribution in [3.63, 3.8) is 0 Å². The number of nitrogens with one attached hydrogen (secondary N) is 1. The fraction of sp³-hybridized carbons (Fsp3) is 0.438. The molecule has 1 N–H and O–H groups in total. The van der Waals surface area contributed by atoms with E-state index in [1.54, 1.807) is 6.07 Å². The van der Waals surface area contributed by atoms with Gasteiger partial charge in [0.2, 0.25) is 5.95 Å². The Balaban J connectivity index is 2.00. The summed E-state index contributed by atoms with van der Waals surface area (Å²) in [6, 6.07) is 6.94. The molecule has 1 aromatic carbocycles. The molecular weight excluding hydrogens is 253 g/mol. The molecule has 0 radical (unpaired) electrons. The molecule has 0 bridgehead atoms. The van der Waals surface area contributed by atoms with Crippen LogP contribution in [0.4, 0.5) is 10.3 Å². The zero-order chi connectivity index (χ0) is 14.4. The summed E-state index contributed by atoms with van der Waals surface area (Å²) < 4.78 is 15.7. The molecule has 0 atom stereocenters. The highest BCUT2D eigenvalue weighted by molar-refractivity contribution is 5.29. The predicted octanol–water partition coefficient (Wildman–Crippen LogP) is 3.79. The minimum Gasteiger partial charge on any atom is -0.356 e. The highest BCUT2D eigenvalue weighted by Crippen LogP contribution is 2.13. The number of aromatic nitrogens is 2. The molecule has 0 aliphatic rings. The number of aryl methyl sites for hydroxylation is 3. The second-order valence-corrected chi connectivity index (χ2v) is 5.02. The van der Waals surface area contributed by atoms with Gasteiger partial charge in [-0.1, -0.05) is 31.5 Å². The van der Waals surface area contributed by atoms with Crippen molar-refractivity contribution in [2.45, 2.75) is 39.7 Å². The third-order valence-corrected chi connectivity index (χ3v) is 3.29. The number of imidazole rings is 1. The number of hydrogen-bond donors (Lipinski definition) is 1. The quantitative estimate of drug-likeness (QED) is 0.779. The Bertz CT molecular complexity index is 548. The average Bonchev–Trinajstić information content (AvgIpc) is 2.78. The van der Waals surface area contributed by atoms with E-state index in [0.29, 0.717) is 6.42 Å². The first-order chi connectivity index (χ1) is 9.70. The molecule has 2 aromatic rings. The lowest BCUT2D eigenvalue weighted by molar-refractivity contribution is 0.594. The molecule has 0 saturated carbocycles. The van der Waals surface area contributed by atoms with Crippen molar-refractivity contribution in [2.24, 2.45) is 0 Å². The highest BCUT2D eigenvalue weighted by atomic mass is 19.1. The van der Waals surface area contributed by atoms with Gasteiger partial charge in [-0.15, -0.1) is 0 Å². The summed E-state index contributed by atoms with van der Waals surface area (Å²) in [4.78, 5) is 4.48. The van der Waals surface area contributed by atoms with Crippen LogP contribution in [0.5, 0.6) is 0 Å². The fourth-order valence-electron chi connectivity index (χ4n) is 2.18. The Morgan fingerprint density at radius 3 is 2.85 bits per heavy atom. The van der Waals surface area contributed by atoms with E-state index >= 15 is 0 Å². The van der Waals surface area contributed by atoms with Gasteiger partial charge >= 0.3 is 0 Å². The molecule has 0 fully saturated rings. The number of benzene rings is 1. The number of anilines is 1. The Hall–Kier alpha value is -1.84. The molecule has 1 heterocycles. The maximum atomic E-state index is 13.6. The number of unbranched alkanes of at least 4 members (excludes halogenated alkanes) is 1. The van der Waals surface area contributed by atoms with E-state index < -0.39 is 0 Å². The summed E-state index contributed by atoms with van der Waals surface area (Å²) in [5, 5.41) is 3.34. The molecular formula is C16H22FN3. The molecule has 20 heavy (non-hydrogen) atoms. The first-order valence-corrected chi connectivity index (χ1v) is 7.21. The van der Waals surface area contributed by atoms with Crippen molar-refractivity contribution in [1.82, 2.24) is 9.55 Å². The lowest BCUT2D eigenvalue weighted by Crippen LogP contribution is -2.10. The van der Waals surface area contributed by atoms with E-state index in [9.17, 15) is 4.39 Å². The first kappa shape index (κ1) is 14.6. The third-order valence-electron chi connectivity index (χ3n) is 3.29. The van der Waals surface area contributed by atoms with Crippen molar-refractivity contribution in [1.29, 1.82) is 0 Å². The number of rotatable bonds is 7. The van der Waals surface area contributed by atoms with Gasteiger partial charge in [-0.3, -0.25) is 0 Å². The van der Waals surface area contributed by atoms with Gasteiger partial charge in [0.15, 0.2) is 0 Å². The molecule has 2 rings (SSSR count). The van der Waals surface area contributed by atoms with Crippen molar-refractivity contribution in [3.8, 4) is 0 Å². The Labute approximate surface area is 119 Å². The first-order valence-electron chi connectivity index (χ1n) is 7.21. The van der Waals surface area contributed by atoms with Crippen LogP contribution in [0.2, 0.25) is 0 Å². The summed E-state index contributed by atoms with van der Waals surface area (Å²) in [5.74, 6) is 0.747. The third kappa shape index (κ3) is 3.83. The molecule has 3 nitrogen and oxygen atoms in total. The van der Waals surface area contributed by atoms with Crippen LogP contribution >= 0.6 is 0 Å². The summed E-state index contributed by atoms with van der Waals surface area (Å²) in [6.07, 6.45) is 4.96. The Morgan fingerprint density at radius 2 is 2.10 bits per heavy atom. The van der Waals surface area contributed by atoms with Crippen LogP contribution in [0.25, 0.3) is 0 Å². The number of hydrogen-bond acceptors (Lipinski definition) is 2. The van der Waals surface area contributed by atoms with Crippen LogP contribution in [0, 0.1) is 12.7 Å². The minimum absolute atomic E-state index is 0.134. The second kappa shape index (κ2) is 7.08. The zero-order valence-corrected chi connectivity index (χ0v) is 12.2.